The van der Waals surface area contributed by atoms with Crippen molar-refractivity contribution in [2.75, 3.05) is 11.5 Å². The molecule has 3 unspecified atom stereocenters. The zero-order valence-electron chi connectivity index (χ0n) is 11.3. The Labute approximate surface area is 119 Å². The van der Waals surface area contributed by atoms with Gasteiger partial charge < -0.3 is 5.11 Å². The summed E-state index contributed by atoms with van der Waals surface area (Å²) < 4.78 is 0. The number of hydrogen-bond donors (Lipinski definition) is 1. The molecule has 0 radical (unpaired) electrons. The van der Waals surface area contributed by atoms with E-state index < -0.39 is 0 Å². The Bertz CT molecular complexity index is 375. The van der Waals surface area contributed by atoms with Crippen LogP contribution in [0.4, 0.5) is 0 Å². The van der Waals surface area contributed by atoms with Crippen molar-refractivity contribution >= 4 is 23.5 Å². The summed E-state index contributed by atoms with van der Waals surface area (Å²) in [4.78, 5) is 0. The largest absolute Gasteiger partial charge is 0.387 e. The molecule has 0 aromatic heterocycles. The summed E-state index contributed by atoms with van der Waals surface area (Å²) in [5.74, 6) is 2.91. The third-order valence-electron chi connectivity index (χ3n) is 3.49. The molecule has 0 bridgehead atoms. The van der Waals surface area contributed by atoms with Crippen LogP contribution in [0.25, 0.3) is 0 Å². The minimum atomic E-state index is -0.334. The second-order valence-corrected chi connectivity index (χ2v) is 7.95. The SMILES string of the molecule is CC(C)c1ccc(C(O)C2SCCSC2C)cc1. The van der Waals surface area contributed by atoms with Crippen molar-refractivity contribution in [1.82, 2.24) is 0 Å². The first-order valence-electron chi connectivity index (χ1n) is 6.60. The van der Waals surface area contributed by atoms with E-state index in [1.807, 2.05) is 23.5 Å². The van der Waals surface area contributed by atoms with Gasteiger partial charge in [-0.3, -0.25) is 0 Å². The van der Waals surface area contributed by atoms with E-state index in [4.69, 9.17) is 0 Å². The Kier molecular flexibility index (Phi) is 5.05. The van der Waals surface area contributed by atoms with E-state index in [9.17, 15) is 5.11 Å². The van der Waals surface area contributed by atoms with Crippen LogP contribution >= 0.6 is 23.5 Å². The highest BCUT2D eigenvalue weighted by Gasteiger charge is 2.29. The Morgan fingerprint density at radius 1 is 1.06 bits per heavy atom. The van der Waals surface area contributed by atoms with Crippen molar-refractivity contribution in [3.63, 3.8) is 0 Å². The molecule has 1 aliphatic rings. The van der Waals surface area contributed by atoms with Crippen LogP contribution in [-0.4, -0.2) is 27.1 Å². The van der Waals surface area contributed by atoms with E-state index in [2.05, 4.69) is 45.0 Å². The van der Waals surface area contributed by atoms with Gasteiger partial charge in [0.25, 0.3) is 0 Å². The summed E-state index contributed by atoms with van der Waals surface area (Å²) >= 11 is 3.89. The molecule has 1 heterocycles. The third-order valence-corrected chi connectivity index (χ3v) is 6.67. The molecule has 2 rings (SSSR count). The lowest BCUT2D eigenvalue weighted by Crippen LogP contribution is -2.29. The molecule has 0 aliphatic carbocycles. The molecule has 0 amide bonds. The number of rotatable bonds is 3. The van der Waals surface area contributed by atoms with E-state index >= 15 is 0 Å². The topological polar surface area (TPSA) is 20.2 Å². The van der Waals surface area contributed by atoms with Gasteiger partial charge >= 0.3 is 0 Å². The minimum absolute atomic E-state index is 0.327. The smallest absolute Gasteiger partial charge is 0.0919 e. The summed E-state index contributed by atoms with van der Waals surface area (Å²) in [5, 5.41) is 11.4. The molecule has 100 valence electrons. The van der Waals surface area contributed by atoms with Crippen molar-refractivity contribution < 1.29 is 5.11 Å². The molecule has 1 saturated heterocycles. The molecule has 1 fully saturated rings. The fourth-order valence-electron chi connectivity index (χ4n) is 2.26. The highest BCUT2D eigenvalue weighted by atomic mass is 32.2. The maximum atomic E-state index is 10.5. The van der Waals surface area contributed by atoms with E-state index in [0.717, 1.165) is 11.3 Å². The van der Waals surface area contributed by atoms with Crippen LogP contribution < -0.4 is 0 Å². The monoisotopic (exact) mass is 282 g/mol. The van der Waals surface area contributed by atoms with Crippen LogP contribution in [0.3, 0.4) is 0 Å². The lowest BCUT2D eigenvalue weighted by atomic mass is 9.98. The van der Waals surface area contributed by atoms with Crippen LogP contribution in [0.2, 0.25) is 0 Å². The number of benzene rings is 1. The van der Waals surface area contributed by atoms with Gasteiger partial charge in [-0.1, -0.05) is 45.0 Å². The molecule has 0 saturated carbocycles. The molecule has 1 aromatic carbocycles. The summed E-state index contributed by atoms with van der Waals surface area (Å²) in [6.45, 7) is 6.62. The maximum Gasteiger partial charge on any atom is 0.0919 e. The first-order chi connectivity index (χ1) is 8.59. The fraction of sp³-hybridized carbons (Fsp3) is 0.600. The van der Waals surface area contributed by atoms with Gasteiger partial charge in [0.2, 0.25) is 0 Å². The van der Waals surface area contributed by atoms with E-state index in [1.165, 1.54) is 11.3 Å². The maximum absolute atomic E-state index is 10.5. The molecular weight excluding hydrogens is 260 g/mol. The minimum Gasteiger partial charge on any atom is -0.387 e. The van der Waals surface area contributed by atoms with Gasteiger partial charge in [0.1, 0.15) is 0 Å². The average Bonchev–Trinajstić information content (AvgIpc) is 2.38. The van der Waals surface area contributed by atoms with Crippen LogP contribution in [0, 0.1) is 0 Å². The van der Waals surface area contributed by atoms with Gasteiger partial charge in [-0.15, -0.1) is 0 Å². The molecule has 3 heteroatoms. The zero-order valence-corrected chi connectivity index (χ0v) is 12.9. The summed E-state index contributed by atoms with van der Waals surface area (Å²) in [7, 11) is 0. The van der Waals surface area contributed by atoms with Gasteiger partial charge in [0.05, 0.1) is 6.10 Å². The molecule has 1 N–H and O–H groups in total. The fourth-order valence-corrected chi connectivity index (χ4v) is 5.10. The van der Waals surface area contributed by atoms with Crippen molar-refractivity contribution in [2.24, 2.45) is 0 Å². The first-order valence-corrected chi connectivity index (χ1v) is 8.70. The lowest BCUT2D eigenvalue weighted by Gasteiger charge is -2.31. The molecule has 18 heavy (non-hydrogen) atoms. The Morgan fingerprint density at radius 3 is 2.17 bits per heavy atom. The van der Waals surface area contributed by atoms with Crippen LogP contribution in [0.15, 0.2) is 24.3 Å². The highest BCUT2D eigenvalue weighted by molar-refractivity contribution is 8.07. The van der Waals surface area contributed by atoms with Crippen LogP contribution in [0.1, 0.15) is 43.9 Å². The third kappa shape index (κ3) is 3.25. The highest BCUT2D eigenvalue weighted by Crippen LogP contribution is 2.38. The molecule has 1 aromatic rings. The van der Waals surface area contributed by atoms with E-state index in [1.54, 1.807) is 0 Å². The van der Waals surface area contributed by atoms with E-state index in [0.29, 0.717) is 16.4 Å². The first kappa shape index (κ1) is 14.3. The van der Waals surface area contributed by atoms with E-state index in [-0.39, 0.29) is 6.10 Å². The normalized spacial score (nSPS) is 26.3. The number of aliphatic hydroxyl groups excluding tert-OH is 1. The lowest BCUT2D eigenvalue weighted by molar-refractivity contribution is 0.174. The summed E-state index contributed by atoms with van der Waals surface area (Å²) in [6.07, 6.45) is -0.334. The Balaban J connectivity index is 2.10. The summed E-state index contributed by atoms with van der Waals surface area (Å²) in [6, 6.07) is 8.47. The van der Waals surface area contributed by atoms with Crippen molar-refractivity contribution in [3.05, 3.63) is 35.4 Å². The average molecular weight is 282 g/mol. The van der Waals surface area contributed by atoms with Gasteiger partial charge in [-0.25, -0.2) is 0 Å². The van der Waals surface area contributed by atoms with Gasteiger partial charge in [0, 0.05) is 22.0 Å². The number of aliphatic hydroxyl groups is 1. The predicted molar refractivity (Wildman–Crippen MR) is 83.7 cm³/mol. The van der Waals surface area contributed by atoms with Crippen molar-refractivity contribution in [1.29, 1.82) is 0 Å². The van der Waals surface area contributed by atoms with Crippen LogP contribution in [-0.2, 0) is 0 Å². The molecular formula is C15H22OS2. The van der Waals surface area contributed by atoms with Crippen LogP contribution in [0.5, 0.6) is 0 Å². The Hall–Kier alpha value is -0.120. The second kappa shape index (κ2) is 6.36. The second-order valence-electron chi connectivity index (χ2n) is 5.18. The molecule has 0 spiro atoms. The zero-order chi connectivity index (χ0) is 13.1. The standard InChI is InChI=1S/C15H22OS2/c1-10(2)12-4-6-13(7-5-12)14(16)15-11(3)17-8-9-18-15/h4-7,10-11,14-16H,8-9H2,1-3H3. The van der Waals surface area contributed by atoms with Gasteiger partial charge in [-0.05, 0) is 17.0 Å². The predicted octanol–water partition coefficient (Wildman–Crippen LogP) is 4.08. The summed E-state index contributed by atoms with van der Waals surface area (Å²) in [5.41, 5.74) is 2.40. The molecule has 1 nitrogen and oxygen atoms in total. The molecule has 3 atom stereocenters. The van der Waals surface area contributed by atoms with Gasteiger partial charge in [0.15, 0.2) is 0 Å². The van der Waals surface area contributed by atoms with Gasteiger partial charge in [-0.2, -0.15) is 23.5 Å². The number of hydrogen-bond acceptors (Lipinski definition) is 3. The van der Waals surface area contributed by atoms with Crippen molar-refractivity contribution in [3.8, 4) is 0 Å². The Morgan fingerprint density at radius 2 is 1.61 bits per heavy atom. The molecule has 1 aliphatic heterocycles. The quantitative estimate of drug-likeness (QED) is 0.902. The van der Waals surface area contributed by atoms with Crippen molar-refractivity contribution in [2.45, 2.75) is 43.3 Å². The number of thioether (sulfide) groups is 2.